The first-order chi connectivity index (χ1) is 13.5. The molecule has 0 bridgehead atoms. The third-order valence-electron chi connectivity index (χ3n) is 5.24. The van der Waals surface area contributed by atoms with Crippen LogP contribution in [0.5, 0.6) is 0 Å². The Morgan fingerprint density at radius 2 is 1.25 bits per heavy atom. The molecule has 166 valence electrons. The molecule has 0 aromatic rings. The monoisotopic (exact) mass is 415 g/mol. The molecule has 0 aliphatic carbocycles. The Morgan fingerprint density at radius 1 is 0.786 bits per heavy atom. The van der Waals surface area contributed by atoms with E-state index in [0.29, 0.717) is 19.8 Å². The van der Waals surface area contributed by atoms with Crippen molar-refractivity contribution in [3.8, 4) is 0 Å². The van der Waals surface area contributed by atoms with E-state index in [4.69, 9.17) is 9.05 Å². The Bertz CT molecular complexity index is 437. The molecule has 1 fully saturated rings. The van der Waals surface area contributed by atoms with Gasteiger partial charge >= 0.3 is 7.75 Å². The molecular formula is C23H46NO3P. The van der Waals surface area contributed by atoms with Crippen LogP contribution >= 0.6 is 7.75 Å². The largest absolute Gasteiger partial charge is 0.405 e. The van der Waals surface area contributed by atoms with E-state index < -0.39 is 7.75 Å². The van der Waals surface area contributed by atoms with Gasteiger partial charge in [-0.15, -0.1) is 0 Å². The molecule has 0 radical (unpaired) electrons. The molecular weight excluding hydrogens is 369 g/mol. The third-order valence-corrected chi connectivity index (χ3v) is 6.79. The Morgan fingerprint density at radius 3 is 1.79 bits per heavy atom. The number of unbranched alkanes of at least 4 members (excludes halogenated alkanes) is 12. The van der Waals surface area contributed by atoms with Crippen molar-refractivity contribution in [2.24, 2.45) is 5.41 Å². The van der Waals surface area contributed by atoms with Crippen LogP contribution in [0.15, 0.2) is 12.2 Å². The van der Waals surface area contributed by atoms with Gasteiger partial charge in [-0.25, -0.2) is 9.65 Å². The van der Waals surface area contributed by atoms with E-state index in [0.717, 1.165) is 6.42 Å². The molecule has 0 aromatic carbocycles. The van der Waals surface area contributed by atoms with Crippen LogP contribution in [0.4, 0.5) is 0 Å². The highest BCUT2D eigenvalue weighted by Crippen LogP contribution is 2.49. The summed E-state index contributed by atoms with van der Waals surface area (Å²) in [5, 5.41) is 2.99. The summed E-state index contributed by atoms with van der Waals surface area (Å²) in [6.45, 7) is 8.07. The Balaban J connectivity index is 1.82. The van der Waals surface area contributed by atoms with Gasteiger partial charge in [0.05, 0.1) is 13.2 Å². The van der Waals surface area contributed by atoms with E-state index in [1.54, 1.807) is 0 Å². The Hall–Kier alpha value is -0.150. The van der Waals surface area contributed by atoms with Gasteiger partial charge in [-0.1, -0.05) is 90.7 Å². The minimum Gasteiger partial charge on any atom is -0.296 e. The first kappa shape index (κ1) is 25.9. The molecule has 28 heavy (non-hydrogen) atoms. The summed E-state index contributed by atoms with van der Waals surface area (Å²) in [5.74, 6) is 0. The quantitative estimate of drug-likeness (QED) is 0.150. The van der Waals surface area contributed by atoms with Crippen LogP contribution in [-0.2, 0) is 13.6 Å². The van der Waals surface area contributed by atoms with E-state index in [2.05, 4.69) is 38.0 Å². The number of nitrogens with one attached hydrogen (secondary N) is 1. The first-order valence-electron chi connectivity index (χ1n) is 11.8. The number of allylic oxidation sites excluding steroid dienone is 2. The van der Waals surface area contributed by atoms with E-state index in [1.807, 2.05) is 0 Å². The van der Waals surface area contributed by atoms with Crippen molar-refractivity contribution in [3.63, 3.8) is 0 Å². The predicted molar refractivity (Wildman–Crippen MR) is 121 cm³/mol. The van der Waals surface area contributed by atoms with Crippen LogP contribution in [0.3, 0.4) is 0 Å². The maximum Gasteiger partial charge on any atom is 0.405 e. The van der Waals surface area contributed by atoms with Gasteiger partial charge in [0.25, 0.3) is 0 Å². The summed E-state index contributed by atoms with van der Waals surface area (Å²) in [4.78, 5) is 0. The number of rotatable bonds is 17. The molecule has 1 rings (SSSR count). The van der Waals surface area contributed by atoms with E-state index in [-0.39, 0.29) is 5.41 Å². The zero-order chi connectivity index (χ0) is 20.6. The van der Waals surface area contributed by atoms with Crippen molar-refractivity contribution < 1.29 is 13.6 Å². The summed E-state index contributed by atoms with van der Waals surface area (Å²) in [6, 6.07) is 0. The molecule has 4 nitrogen and oxygen atoms in total. The summed E-state index contributed by atoms with van der Waals surface area (Å²) >= 11 is 0. The number of hydrogen-bond donors (Lipinski definition) is 1. The topological polar surface area (TPSA) is 47.6 Å². The lowest BCUT2D eigenvalue weighted by Crippen LogP contribution is -2.33. The van der Waals surface area contributed by atoms with Crippen LogP contribution in [0.1, 0.15) is 111 Å². The fourth-order valence-electron chi connectivity index (χ4n) is 3.28. The van der Waals surface area contributed by atoms with Gasteiger partial charge < -0.3 is 0 Å². The van der Waals surface area contributed by atoms with Gasteiger partial charge in [0.15, 0.2) is 0 Å². The maximum atomic E-state index is 12.3. The molecule has 1 heterocycles. The predicted octanol–water partition coefficient (Wildman–Crippen LogP) is 7.79. The summed E-state index contributed by atoms with van der Waals surface area (Å²) in [5.41, 5.74) is -0.0426. The van der Waals surface area contributed by atoms with Gasteiger partial charge in [0.1, 0.15) is 0 Å². The average molecular weight is 416 g/mol. The summed E-state index contributed by atoms with van der Waals surface area (Å²) in [7, 11) is -3.04. The van der Waals surface area contributed by atoms with E-state index in [1.165, 1.54) is 83.5 Å². The first-order valence-corrected chi connectivity index (χ1v) is 13.3. The zero-order valence-electron chi connectivity index (χ0n) is 18.8. The molecule has 1 N–H and O–H groups in total. The van der Waals surface area contributed by atoms with Crippen molar-refractivity contribution in [1.82, 2.24) is 5.09 Å². The molecule has 0 unspecified atom stereocenters. The van der Waals surface area contributed by atoms with Gasteiger partial charge in [-0.3, -0.25) is 9.05 Å². The summed E-state index contributed by atoms with van der Waals surface area (Å²) in [6.07, 6.45) is 22.9. The van der Waals surface area contributed by atoms with Crippen molar-refractivity contribution in [1.29, 1.82) is 0 Å². The molecule has 1 aliphatic rings. The van der Waals surface area contributed by atoms with Crippen molar-refractivity contribution >= 4 is 7.75 Å². The lowest BCUT2D eigenvalue weighted by atomic mass is 9.97. The van der Waals surface area contributed by atoms with Gasteiger partial charge in [0, 0.05) is 12.0 Å². The highest BCUT2D eigenvalue weighted by Gasteiger charge is 2.36. The molecule has 0 spiro atoms. The van der Waals surface area contributed by atoms with Crippen LogP contribution in [-0.4, -0.2) is 19.8 Å². The minimum absolute atomic E-state index is 0.0426. The number of hydrogen-bond acceptors (Lipinski definition) is 3. The van der Waals surface area contributed by atoms with E-state index in [9.17, 15) is 4.57 Å². The lowest BCUT2D eigenvalue weighted by molar-refractivity contribution is 0.0372. The van der Waals surface area contributed by atoms with Gasteiger partial charge in [-0.2, -0.15) is 0 Å². The molecule has 0 saturated carbocycles. The highest BCUT2D eigenvalue weighted by atomic mass is 31.2. The third kappa shape index (κ3) is 13.9. The standard InChI is InChI=1S/C23H46NO3P/c1-4-5-6-7-8-9-10-11-12-13-14-15-16-17-18-19-20-24-28(25)26-21-23(2,3)22-27-28/h11-12H,4-10,13-22H2,1-3H3,(H,24,25)/b12-11-. The minimum atomic E-state index is -3.04. The van der Waals surface area contributed by atoms with Crippen molar-refractivity contribution in [2.45, 2.75) is 111 Å². The van der Waals surface area contributed by atoms with Crippen molar-refractivity contribution in [3.05, 3.63) is 12.2 Å². The second-order valence-corrected chi connectivity index (χ2v) is 10.9. The molecule has 1 aliphatic heterocycles. The van der Waals surface area contributed by atoms with Crippen LogP contribution in [0, 0.1) is 5.41 Å². The van der Waals surface area contributed by atoms with Crippen LogP contribution in [0.25, 0.3) is 0 Å². The second kappa shape index (κ2) is 15.7. The zero-order valence-corrected chi connectivity index (χ0v) is 19.7. The normalized spacial score (nSPS) is 18.7. The molecule has 1 saturated heterocycles. The molecule has 0 aromatic heterocycles. The van der Waals surface area contributed by atoms with Crippen molar-refractivity contribution in [2.75, 3.05) is 19.8 Å². The van der Waals surface area contributed by atoms with Gasteiger partial charge in [0.2, 0.25) is 0 Å². The Labute approximate surface area is 174 Å². The SMILES string of the molecule is CCCCCCCC/C=C\CCCCCCCCNP1(=O)OCC(C)(C)CO1. The fraction of sp³-hybridized carbons (Fsp3) is 0.913. The molecule has 5 heteroatoms. The van der Waals surface area contributed by atoms with Crippen LogP contribution in [0.2, 0.25) is 0 Å². The maximum absolute atomic E-state index is 12.3. The Kier molecular flexibility index (Phi) is 14.5. The lowest BCUT2D eigenvalue weighted by Gasteiger charge is -2.33. The smallest absolute Gasteiger partial charge is 0.296 e. The van der Waals surface area contributed by atoms with E-state index >= 15 is 0 Å². The fourth-order valence-corrected chi connectivity index (χ4v) is 5.01. The highest BCUT2D eigenvalue weighted by molar-refractivity contribution is 7.51. The summed E-state index contributed by atoms with van der Waals surface area (Å²) < 4.78 is 23.2. The molecule has 0 amide bonds. The van der Waals surface area contributed by atoms with Gasteiger partial charge in [-0.05, 0) is 32.1 Å². The van der Waals surface area contributed by atoms with Crippen LogP contribution < -0.4 is 5.09 Å². The second-order valence-electron chi connectivity index (χ2n) is 9.05. The molecule has 0 atom stereocenters. The average Bonchev–Trinajstić information content (AvgIpc) is 2.67.